The molecule has 0 saturated carbocycles. The van der Waals surface area contributed by atoms with Gasteiger partial charge in [0.15, 0.2) is 0 Å². The number of aryl methyl sites for hydroxylation is 1. The van der Waals surface area contributed by atoms with E-state index in [-0.39, 0.29) is 0 Å². The van der Waals surface area contributed by atoms with Crippen LogP contribution in [0.3, 0.4) is 0 Å². The molecule has 2 heterocycles. The number of nitrogens with zero attached hydrogens (tertiary/aromatic N) is 3. The normalized spacial score (nSPS) is 10.6. The fraction of sp³-hybridized carbons (Fsp3) is 0.348. The average Bonchev–Trinajstić information content (AvgIpc) is 2.69. The molecule has 3 aromatic rings. The lowest BCUT2D eigenvalue weighted by Crippen LogP contribution is -1.95. The van der Waals surface area contributed by atoms with Crippen molar-refractivity contribution in [2.75, 3.05) is 0 Å². The molecule has 0 radical (unpaired) electrons. The zero-order valence-corrected chi connectivity index (χ0v) is 16.5. The van der Waals surface area contributed by atoms with E-state index < -0.39 is 0 Å². The second kappa shape index (κ2) is 9.81. The minimum Gasteiger partial charge on any atom is -0.264 e. The van der Waals surface area contributed by atoms with E-state index in [2.05, 4.69) is 55.6 Å². The summed E-state index contributed by atoms with van der Waals surface area (Å²) in [5, 5.41) is 0. The van der Waals surface area contributed by atoms with Crippen LogP contribution < -0.4 is 0 Å². The summed E-state index contributed by atoms with van der Waals surface area (Å²) in [6.45, 7) is 10.8. The van der Waals surface area contributed by atoms with Gasteiger partial charge in [0.2, 0.25) is 0 Å². The number of rotatable bonds is 4. The van der Waals surface area contributed by atoms with Crippen molar-refractivity contribution in [2.24, 2.45) is 0 Å². The minimum atomic E-state index is 0.433. The van der Waals surface area contributed by atoms with Gasteiger partial charge in [-0.25, -0.2) is 0 Å². The highest BCUT2D eigenvalue weighted by Crippen LogP contribution is 2.18. The molecule has 0 fully saturated rings. The molecule has 0 bridgehead atoms. The Balaban J connectivity index is 0.000000197. The summed E-state index contributed by atoms with van der Waals surface area (Å²) in [4.78, 5) is 12.9. The first-order chi connectivity index (χ1) is 12.5. The van der Waals surface area contributed by atoms with Gasteiger partial charge in [-0.2, -0.15) is 0 Å². The number of aromatic nitrogens is 3. The van der Waals surface area contributed by atoms with Crippen LogP contribution in [0.15, 0.2) is 61.2 Å². The summed E-state index contributed by atoms with van der Waals surface area (Å²) >= 11 is 0. The molecule has 0 aliphatic rings. The Hall–Kier alpha value is -2.55. The highest BCUT2D eigenvalue weighted by molar-refractivity contribution is 5.57. The second-order valence-corrected chi connectivity index (χ2v) is 6.93. The third-order valence-corrected chi connectivity index (χ3v) is 4.28. The van der Waals surface area contributed by atoms with Gasteiger partial charge < -0.3 is 0 Å². The molecule has 0 aliphatic carbocycles. The summed E-state index contributed by atoms with van der Waals surface area (Å²) in [6.07, 6.45) is 8.61. The third-order valence-electron chi connectivity index (χ3n) is 4.28. The van der Waals surface area contributed by atoms with Crippen molar-refractivity contribution in [3.8, 4) is 11.3 Å². The molecular formula is C23H29N3. The molecule has 0 atom stereocenters. The summed E-state index contributed by atoms with van der Waals surface area (Å²) in [7, 11) is 0. The van der Waals surface area contributed by atoms with Crippen LogP contribution in [0.4, 0.5) is 0 Å². The Morgan fingerprint density at radius 2 is 1.54 bits per heavy atom. The monoisotopic (exact) mass is 347 g/mol. The van der Waals surface area contributed by atoms with Crippen LogP contribution >= 0.6 is 0 Å². The van der Waals surface area contributed by atoms with Crippen molar-refractivity contribution in [3.63, 3.8) is 0 Å². The van der Waals surface area contributed by atoms with Gasteiger partial charge in [0, 0.05) is 24.2 Å². The van der Waals surface area contributed by atoms with Crippen LogP contribution in [0, 0.1) is 0 Å². The third kappa shape index (κ3) is 5.48. The van der Waals surface area contributed by atoms with Gasteiger partial charge in [0.1, 0.15) is 0 Å². The average molecular weight is 348 g/mol. The number of benzene rings is 1. The molecule has 3 rings (SSSR count). The van der Waals surface area contributed by atoms with Crippen molar-refractivity contribution < 1.29 is 0 Å². The first kappa shape index (κ1) is 19.8. The second-order valence-electron chi connectivity index (χ2n) is 6.93. The topological polar surface area (TPSA) is 38.7 Å². The van der Waals surface area contributed by atoms with Gasteiger partial charge in [0.25, 0.3) is 0 Å². The van der Waals surface area contributed by atoms with E-state index in [0.29, 0.717) is 11.8 Å². The van der Waals surface area contributed by atoms with Crippen LogP contribution in [0.5, 0.6) is 0 Å². The number of pyridine rings is 1. The van der Waals surface area contributed by atoms with Crippen LogP contribution in [0.1, 0.15) is 63.3 Å². The van der Waals surface area contributed by atoms with Gasteiger partial charge in [-0.3, -0.25) is 15.0 Å². The van der Waals surface area contributed by atoms with Gasteiger partial charge >= 0.3 is 0 Å². The number of hydrogen-bond acceptors (Lipinski definition) is 3. The van der Waals surface area contributed by atoms with Crippen LogP contribution in [0.25, 0.3) is 11.3 Å². The van der Waals surface area contributed by atoms with E-state index in [0.717, 1.165) is 23.4 Å². The van der Waals surface area contributed by atoms with Crippen molar-refractivity contribution in [3.05, 3.63) is 78.0 Å². The van der Waals surface area contributed by atoms with Crippen LogP contribution in [-0.4, -0.2) is 15.0 Å². The zero-order chi connectivity index (χ0) is 18.9. The minimum absolute atomic E-state index is 0.433. The first-order valence-corrected chi connectivity index (χ1v) is 9.33. The van der Waals surface area contributed by atoms with E-state index >= 15 is 0 Å². The molecule has 0 saturated heterocycles. The van der Waals surface area contributed by atoms with Crippen molar-refractivity contribution in [1.29, 1.82) is 0 Å². The Morgan fingerprint density at radius 3 is 2.04 bits per heavy atom. The van der Waals surface area contributed by atoms with Gasteiger partial charge in [-0.1, -0.05) is 65.0 Å². The molecular weight excluding hydrogens is 318 g/mol. The molecule has 1 aromatic carbocycles. The molecule has 26 heavy (non-hydrogen) atoms. The molecule has 0 N–H and O–H groups in total. The van der Waals surface area contributed by atoms with Crippen molar-refractivity contribution in [2.45, 2.75) is 52.9 Å². The van der Waals surface area contributed by atoms with Gasteiger partial charge in [-0.15, -0.1) is 0 Å². The van der Waals surface area contributed by atoms with Crippen molar-refractivity contribution in [1.82, 2.24) is 15.0 Å². The summed E-state index contributed by atoms with van der Waals surface area (Å²) < 4.78 is 0. The molecule has 3 heteroatoms. The lowest BCUT2D eigenvalue weighted by atomic mass is 9.98. The SMILES string of the molecule is CC(C)c1cnc(-c2ccccc2)cn1.CCc1cnccc1C(C)C. The largest absolute Gasteiger partial charge is 0.264 e. The Bertz CT molecular complexity index is 778. The first-order valence-electron chi connectivity index (χ1n) is 9.33. The van der Waals surface area contributed by atoms with E-state index in [1.165, 1.54) is 11.1 Å². The van der Waals surface area contributed by atoms with Crippen LogP contribution in [0.2, 0.25) is 0 Å². The van der Waals surface area contributed by atoms with Gasteiger partial charge in [-0.05, 0) is 35.4 Å². The molecule has 0 unspecified atom stereocenters. The van der Waals surface area contributed by atoms with E-state index in [1.54, 1.807) is 0 Å². The Labute approximate surface area is 157 Å². The highest BCUT2D eigenvalue weighted by Gasteiger charge is 2.03. The molecule has 2 aromatic heterocycles. The summed E-state index contributed by atoms with van der Waals surface area (Å²) in [5.74, 6) is 1.05. The van der Waals surface area contributed by atoms with E-state index in [1.807, 2.05) is 55.1 Å². The summed E-state index contributed by atoms with van der Waals surface area (Å²) in [5.41, 5.74) is 5.89. The maximum atomic E-state index is 4.41. The standard InChI is InChI=1S/C13H14N2.C10H15N/c1-10(2)12-8-15-13(9-14-12)11-6-4-3-5-7-11;1-4-9-7-11-6-5-10(9)8(2)3/h3-10H,1-2H3;5-8H,4H2,1-3H3. The lowest BCUT2D eigenvalue weighted by molar-refractivity contribution is 0.813. The Kier molecular flexibility index (Phi) is 7.46. The zero-order valence-electron chi connectivity index (χ0n) is 16.5. The fourth-order valence-electron chi connectivity index (χ4n) is 2.69. The molecule has 0 amide bonds. The maximum absolute atomic E-state index is 4.41. The summed E-state index contributed by atoms with van der Waals surface area (Å²) in [6, 6.07) is 12.2. The van der Waals surface area contributed by atoms with Gasteiger partial charge in [0.05, 0.1) is 17.6 Å². The Morgan fingerprint density at radius 1 is 0.808 bits per heavy atom. The lowest BCUT2D eigenvalue weighted by Gasteiger charge is -2.09. The van der Waals surface area contributed by atoms with Crippen LogP contribution in [-0.2, 0) is 6.42 Å². The quantitative estimate of drug-likeness (QED) is 0.578. The van der Waals surface area contributed by atoms with E-state index in [4.69, 9.17) is 0 Å². The molecule has 0 aliphatic heterocycles. The molecule has 0 spiro atoms. The van der Waals surface area contributed by atoms with E-state index in [9.17, 15) is 0 Å². The fourth-order valence-corrected chi connectivity index (χ4v) is 2.69. The molecule has 136 valence electrons. The smallest absolute Gasteiger partial charge is 0.0885 e. The highest BCUT2D eigenvalue weighted by atomic mass is 14.8. The van der Waals surface area contributed by atoms with Crippen molar-refractivity contribution >= 4 is 0 Å². The predicted octanol–water partition coefficient (Wildman–Crippen LogP) is 6.03. The molecule has 3 nitrogen and oxygen atoms in total. The predicted molar refractivity (Wildman–Crippen MR) is 109 cm³/mol. The maximum Gasteiger partial charge on any atom is 0.0885 e. The number of hydrogen-bond donors (Lipinski definition) is 0.